The number of nitrogens with zero attached hydrogens (tertiary/aromatic N) is 3. The lowest BCUT2D eigenvalue weighted by molar-refractivity contribution is 0.304. The smallest absolute Gasteiger partial charge is 0.229 e. The molecule has 2 aliphatic rings. The Morgan fingerprint density at radius 1 is 1.42 bits per heavy atom. The fraction of sp³-hybridized carbons (Fsp3) is 0.714. The van der Waals surface area contributed by atoms with Gasteiger partial charge >= 0.3 is 0 Å². The number of rotatable bonds is 4. The van der Waals surface area contributed by atoms with Crippen molar-refractivity contribution in [1.82, 2.24) is 15.3 Å². The number of anilines is 1. The highest BCUT2D eigenvalue weighted by Crippen LogP contribution is 2.30. The molecule has 104 valence electrons. The van der Waals surface area contributed by atoms with Gasteiger partial charge in [-0.1, -0.05) is 6.92 Å². The zero-order valence-electron chi connectivity index (χ0n) is 11.7. The molecule has 1 aromatic rings. The lowest BCUT2D eigenvalue weighted by Gasteiger charge is -2.23. The standard InChI is InChI=1S/C14H22N4O/c1-3-6-19-13-7-10(2)16-14(17-13)18-5-4-11-8-15-9-12(11)18/h7,11-12,15H,3-6,8-9H2,1-2H3/t11-,12+/m0/s1. The van der Waals surface area contributed by atoms with Gasteiger partial charge in [-0.2, -0.15) is 4.98 Å². The van der Waals surface area contributed by atoms with Crippen LogP contribution in [0, 0.1) is 12.8 Å². The third-order valence-electron chi connectivity index (χ3n) is 3.98. The molecule has 0 aliphatic carbocycles. The average molecular weight is 262 g/mol. The maximum absolute atomic E-state index is 5.65. The summed E-state index contributed by atoms with van der Waals surface area (Å²) in [6.45, 7) is 8.06. The molecular weight excluding hydrogens is 240 g/mol. The number of nitrogens with one attached hydrogen (secondary N) is 1. The first-order valence-electron chi connectivity index (χ1n) is 7.23. The molecule has 0 bridgehead atoms. The van der Waals surface area contributed by atoms with Crippen LogP contribution in [-0.2, 0) is 0 Å². The molecule has 2 fully saturated rings. The topological polar surface area (TPSA) is 50.3 Å². The summed E-state index contributed by atoms with van der Waals surface area (Å²) in [5.74, 6) is 2.30. The highest BCUT2D eigenvalue weighted by Gasteiger charge is 2.38. The Kier molecular flexibility index (Phi) is 3.55. The fourth-order valence-corrected chi connectivity index (χ4v) is 3.03. The Labute approximate surface area is 114 Å². The van der Waals surface area contributed by atoms with Crippen molar-refractivity contribution in [3.63, 3.8) is 0 Å². The van der Waals surface area contributed by atoms with Crippen molar-refractivity contribution in [2.45, 2.75) is 32.7 Å². The van der Waals surface area contributed by atoms with Crippen LogP contribution in [0.3, 0.4) is 0 Å². The second-order valence-corrected chi connectivity index (χ2v) is 5.46. The van der Waals surface area contributed by atoms with Gasteiger partial charge in [0.15, 0.2) is 0 Å². The van der Waals surface area contributed by atoms with E-state index in [0.29, 0.717) is 18.5 Å². The summed E-state index contributed by atoms with van der Waals surface area (Å²) in [5, 5.41) is 3.46. The Morgan fingerprint density at radius 3 is 3.16 bits per heavy atom. The molecule has 1 aromatic heterocycles. The van der Waals surface area contributed by atoms with Crippen LogP contribution in [0.4, 0.5) is 5.95 Å². The molecule has 5 nitrogen and oxygen atoms in total. The Balaban J connectivity index is 1.81. The number of aryl methyl sites for hydroxylation is 1. The summed E-state index contributed by atoms with van der Waals surface area (Å²) in [7, 11) is 0. The number of fused-ring (bicyclic) bond motifs is 1. The van der Waals surface area contributed by atoms with E-state index in [1.807, 2.05) is 13.0 Å². The molecule has 0 spiro atoms. The van der Waals surface area contributed by atoms with Crippen LogP contribution < -0.4 is 15.0 Å². The second kappa shape index (κ2) is 5.33. The van der Waals surface area contributed by atoms with Crippen molar-refractivity contribution in [1.29, 1.82) is 0 Å². The molecule has 0 unspecified atom stereocenters. The minimum Gasteiger partial charge on any atom is -0.478 e. The highest BCUT2D eigenvalue weighted by molar-refractivity contribution is 5.38. The van der Waals surface area contributed by atoms with Crippen LogP contribution in [0.1, 0.15) is 25.5 Å². The van der Waals surface area contributed by atoms with Gasteiger partial charge < -0.3 is 15.0 Å². The van der Waals surface area contributed by atoms with Gasteiger partial charge in [0, 0.05) is 37.4 Å². The molecule has 0 aromatic carbocycles. The van der Waals surface area contributed by atoms with Crippen LogP contribution in [0.15, 0.2) is 6.07 Å². The third-order valence-corrected chi connectivity index (χ3v) is 3.98. The molecular formula is C14H22N4O. The number of hydrogen-bond acceptors (Lipinski definition) is 5. The van der Waals surface area contributed by atoms with Crippen molar-refractivity contribution in [2.75, 3.05) is 31.1 Å². The van der Waals surface area contributed by atoms with Gasteiger partial charge in [-0.3, -0.25) is 0 Å². The van der Waals surface area contributed by atoms with Crippen molar-refractivity contribution < 1.29 is 4.74 Å². The normalized spacial score (nSPS) is 25.7. The summed E-state index contributed by atoms with van der Waals surface area (Å²) >= 11 is 0. The Bertz CT molecular complexity index is 451. The van der Waals surface area contributed by atoms with E-state index in [9.17, 15) is 0 Å². The molecule has 5 heteroatoms. The maximum Gasteiger partial charge on any atom is 0.229 e. The molecule has 0 radical (unpaired) electrons. The summed E-state index contributed by atoms with van der Waals surface area (Å²) < 4.78 is 5.65. The average Bonchev–Trinajstić information content (AvgIpc) is 2.97. The molecule has 2 saturated heterocycles. The van der Waals surface area contributed by atoms with Crippen molar-refractivity contribution >= 4 is 5.95 Å². The lowest BCUT2D eigenvalue weighted by Crippen LogP contribution is -2.35. The van der Waals surface area contributed by atoms with Gasteiger partial charge in [0.05, 0.1) is 6.61 Å². The highest BCUT2D eigenvalue weighted by atomic mass is 16.5. The molecule has 0 saturated carbocycles. The number of aromatic nitrogens is 2. The molecule has 2 atom stereocenters. The van der Waals surface area contributed by atoms with Crippen molar-refractivity contribution in [3.05, 3.63) is 11.8 Å². The van der Waals surface area contributed by atoms with Crippen molar-refractivity contribution in [3.8, 4) is 5.88 Å². The van der Waals surface area contributed by atoms with Crippen LogP contribution in [0.5, 0.6) is 5.88 Å². The van der Waals surface area contributed by atoms with Gasteiger partial charge in [0.1, 0.15) is 0 Å². The first-order chi connectivity index (χ1) is 9.28. The molecule has 2 aliphatic heterocycles. The van der Waals surface area contributed by atoms with Gasteiger partial charge in [0.2, 0.25) is 11.8 Å². The van der Waals surface area contributed by atoms with Crippen LogP contribution >= 0.6 is 0 Å². The summed E-state index contributed by atoms with van der Waals surface area (Å²) in [5.41, 5.74) is 0.977. The molecule has 0 amide bonds. The van der Waals surface area contributed by atoms with Crippen molar-refractivity contribution in [2.24, 2.45) is 5.92 Å². The molecule has 3 heterocycles. The Hall–Kier alpha value is -1.36. The SMILES string of the molecule is CCCOc1cc(C)nc(N2CC[C@H]3CNC[C@H]32)n1. The number of ether oxygens (including phenoxy) is 1. The van der Waals surface area contributed by atoms with Crippen LogP contribution in [-0.4, -0.2) is 42.3 Å². The van der Waals surface area contributed by atoms with Crippen LogP contribution in [0.25, 0.3) is 0 Å². The van der Waals surface area contributed by atoms with E-state index in [2.05, 4.69) is 27.1 Å². The quantitative estimate of drug-likeness (QED) is 0.888. The third kappa shape index (κ3) is 2.52. The summed E-state index contributed by atoms with van der Waals surface area (Å²) in [4.78, 5) is 11.5. The Morgan fingerprint density at radius 2 is 2.32 bits per heavy atom. The summed E-state index contributed by atoms with van der Waals surface area (Å²) in [6, 6.07) is 2.47. The van der Waals surface area contributed by atoms with E-state index in [1.54, 1.807) is 0 Å². The predicted octanol–water partition coefficient (Wildman–Crippen LogP) is 1.37. The van der Waals surface area contributed by atoms with Gasteiger partial charge in [-0.25, -0.2) is 4.98 Å². The van der Waals surface area contributed by atoms with E-state index in [0.717, 1.165) is 43.6 Å². The van der Waals surface area contributed by atoms with E-state index >= 15 is 0 Å². The van der Waals surface area contributed by atoms with E-state index < -0.39 is 0 Å². The molecule has 3 rings (SSSR count). The van der Waals surface area contributed by atoms with E-state index in [-0.39, 0.29) is 0 Å². The van der Waals surface area contributed by atoms with Crippen LogP contribution in [0.2, 0.25) is 0 Å². The first-order valence-corrected chi connectivity index (χ1v) is 7.23. The predicted molar refractivity (Wildman–Crippen MR) is 74.7 cm³/mol. The monoisotopic (exact) mass is 262 g/mol. The summed E-state index contributed by atoms with van der Waals surface area (Å²) in [6.07, 6.45) is 2.23. The first kappa shape index (κ1) is 12.7. The minimum absolute atomic E-state index is 0.556. The molecule has 1 N–H and O–H groups in total. The zero-order chi connectivity index (χ0) is 13.2. The lowest BCUT2D eigenvalue weighted by atomic mass is 10.1. The second-order valence-electron chi connectivity index (χ2n) is 5.46. The van der Waals surface area contributed by atoms with E-state index in [4.69, 9.17) is 4.74 Å². The molecule has 19 heavy (non-hydrogen) atoms. The van der Waals surface area contributed by atoms with E-state index in [1.165, 1.54) is 6.42 Å². The number of hydrogen-bond donors (Lipinski definition) is 1. The zero-order valence-corrected chi connectivity index (χ0v) is 11.7. The largest absolute Gasteiger partial charge is 0.478 e. The van der Waals surface area contributed by atoms with Gasteiger partial charge in [-0.05, 0) is 25.7 Å². The fourth-order valence-electron chi connectivity index (χ4n) is 3.03. The van der Waals surface area contributed by atoms with Gasteiger partial charge in [0.25, 0.3) is 0 Å². The maximum atomic E-state index is 5.65. The van der Waals surface area contributed by atoms with Gasteiger partial charge in [-0.15, -0.1) is 0 Å². The minimum atomic E-state index is 0.556.